The van der Waals surface area contributed by atoms with Gasteiger partial charge in [-0.15, -0.1) is 24.0 Å². The predicted molar refractivity (Wildman–Crippen MR) is 89.3 cm³/mol. The SMILES string of the molecule is CN=C(NCCC(C)C)NCCN1C(=O)CNC1=O.I. The van der Waals surface area contributed by atoms with Crippen molar-refractivity contribution in [3.05, 3.63) is 0 Å². The first-order valence-electron chi connectivity index (χ1n) is 6.57. The van der Waals surface area contributed by atoms with E-state index in [0.717, 1.165) is 13.0 Å². The van der Waals surface area contributed by atoms with E-state index in [1.54, 1.807) is 7.05 Å². The van der Waals surface area contributed by atoms with Crippen molar-refractivity contribution in [3.63, 3.8) is 0 Å². The standard InChI is InChI=1S/C12H23N5O2.HI/c1-9(2)4-5-14-11(13-3)15-6-7-17-10(18)8-16-12(17)19;/h9H,4-8H2,1-3H3,(H,16,19)(H2,13,14,15);1H. The fourth-order valence-corrected chi connectivity index (χ4v) is 1.67. The van der Waals surface area contributed by atoms with Crippen molar-refractivity contribution in [1.82, 2.24) is 20.9 Å². The van der Waals surface area contributed by atoms with Gasteiger partial charge in [0.2, 0.25) is 5.91 Å². The van der Waals surface area contributed by atoms with Crippen molar-refractivity contribution in [2.45, 2.75) is 20.3 Å². The molecule has 3 N–H and O–H groups in total. The van der Waals surface area contributed by atoms with E-state index in [0.29, 0.717) is 25.0 Å². The largest absolute Gasteiger partial charge is 0.356 e. The van der Waals surface area contributed by atoms with E-state index in [9.17, 15) is 9.59 Å². The van der Waals surface area contributed by atoms with E-state index in [4.69, 9.17) is 0 Å². The average Bonchev–Trinajstić information content (AvgIpc) is 2.68. The second kappa shape index (κ2) is 9.78. The summed E-state index contributed by atoms with van der Waals surface area (Å²) in [6, 6.07) is -0.324. The van der Waals surface area contributed by atoms with Gasteiger partial charge in [0.15, 0.2) is 5.96 Å². The second-order valence-electron chi connectivity index (χ2n) is 4.81. The van der Waals surface area contributed by atoms with Crippen LogP contribution in [0.3, 0.4) is 0 Å². The minimum atomic E-state index is -0.324. The van der Waals surface area contributed by atoms with Crippen molar-refractivity contribution >= 4 is 41.9 Å². The van der Waals surface area contributed by atoms with Gasteiger partial charge in [0, 0.05) is 26.7 Å². The number of rotatable bonds is 6. The molecule has 0 aliphatic carbocycles. The molecule has 1 saturated heterocycles. The minimum Gasteiger partial charge on any atom is -0.356 e. The number of imide groups is 1. The molecule has 1 fully saturated rings. The Morgan fingerprint density at radius 1 is 1.35 bits per heavy atom. The zero-order valence-corrected chi connectivity index (χ0v) is 14.6. The van der Waals surface area contributed by atoms with Crippen LogP contribution in [0.4, 0.5) is 4.79 Å². The third-order valence-corrected chi connectivity index (χ3v) is 2.80. The summed E-state index contributed by atoms with van der Waals surface area (Å²) in [5, 5.41) is 8.74. The second-order valence-corrected chi connectivity index (χ2v) is 4.81. The highest BCUT2D eigenvalue weighted by molar-refractivity contribution is 14.0. The number of urea groups is 1. The number of carbonyl (C=O) groups is 2. The smallest absolute Gasteiger partial charge is 0.324 e. The van der Waals surface area contributed by atoms with Gasteiger partial charge in [0.25, 0.3) is 0 Å². The van der Waals surface area contributed by atoms with Gasteiger partial charge in [-0.3, -0.25) is 14.7 Å². The Bertz CT molecular complexity index is 344. The zero-order chi connectivity index (χ0) is 14.3. The van der Waals surface area contributed by atoms with Gasteiger partial charge in [-0.2, -0.15) is 0 Å². The maximum absolute atomic E-state index is 11.3. The molecule has 3 amide bonds. The van der Waals surface area contributed by atoms with Crippen LogP contribution in [0.25, 0.3) is 0 Å². The number of hydrogen-bond donors (Lipinski definition) is 3. The van der Waals surface area contributed by atoms with Gasteiger partial charge < -0.3 is 16.0 Å². The molecule has 0 atom stereocenters. The first-order valence-corrected chi connectivity index (χ1v) is 6.57. The molecule has 0 aromatic heterocycles. The van der Waals surface area contributed by atoms with Crippen LogP contribution in [-0.4, -0.2) is 56.0 Å². The van der Waals surface area contributed by atoms with Crippen LogP contribution >= 0.6 is 24.0 Å². The van der Waals surface area contributed by atoms with Gasteiger partial charge in [0.05, 0.1) is 6.54 Å². The Morgan fingerprint density at radius 2 is 2.00 bits per heavy atom. The van der Waals surface area contributed by atoms with Gasteiger partial charge in [-0.1, -0.05) is 13.8 Å². The summed E-state index contributed by atoms with van der Waals surface area (Å²) in [5.74, 6) is 1.14. The number of amides is 3. The first kappa shape index (κ1) is 18.9. The molecule has 1 rings (SSSR count). The van der Waals surface area contributed by atoms with E-state index in [1.807, 2.05) is 0 Å². The van der Waals surface area contributed by atoms with Gasteiger partial charge in [-0.25, -0.2) is 4.79 Å². The molecule has 7 nitrogen and oxygen atoms in total. The number of hydrogen-bond acceptors (Lipinski definition) is 3. The molecule has 0 bridgehead atoms. The lowest BCUT2D eigenvalue weighted by atomic mass is 10.1. The molecule has 0 aromatic rings. The Morgan fingerprint density at radius 3 is 2.50 bits per heavy atom. The summed E-state index contributed by atoms with van der Waals surface area (Å²) in [4.78, 5) is 27.9. The summed E-state index contributed by atoms with van der Waals surface area (Å²) < 4.78 is 0. The number of aliphatic imine (C=N–C) groups is 1. The van der Waals surface area contributed by atoms with Crippen LogP contribution in [0.5, 0.6) is 0 Å². The maximum atomic E-state index is 11.3. The van der Waals surface area contributed by atoms with Crippen LogP contribution in [0, 0.1) is 5.92 Å². The summed E-state index contributed by atoms with van der Waals surface area (Å²) in [6.45, 7) is 6.10. The molecule has 1 aliphatic rings. The Hall–Kier alpha value is -1.06. The monoisotopic (exact) mass is 397 g/mol. The minimum absolute atomic E-state index is 0. The molecule has 20 heavy (non-hydrogen) atoms. The quantitative estimate of drug-likeness (QED) is 0.262. The number of nitrogens with one attached hydrogen (secondary N) is 3. The highest BCUT2D eigenvalue weighted by Crippen LogP contribution is 1.97. The predicted octanol–water partition coefficient (Wildman–Crippen LogP) is 0.367. The summed E-state index contributed by atoms with van der Waals surface area (Å²) in [5.41, 5.74) is 0. The van der Waals surface area contributed by atoms with E-state index < -0.39 is 0 Å². The van der Waals surface area contributed by atoms with Crippen LogP contribution in [0.2, 0.25) is 0 Å². The Balaban J connectivity index is 0.00000361. The fraction of sp³-hybridized carbons (Fsp3) is 0.750. The van der Waals surface area contributed by atoms with Crippen LogP contribution in [0.1, 0.15) is 20.3 Å². The van der Waals surface area contributed by atoms with E-state index in [1.165, 1.54) is 4.90 Å². The lowest BCUT2D eigenvalue weighted by Crippen LogP contribution is -2.43. The van der Waals surface area contributed by atoms with Crippen molar-refractivity contribution < 1.29 is 9.59 Å². The third kappa shape index (κ3) is 6.40. The molecule has 0 radical (unpaired) electrons. The van der Waals surface area contributed by atoms with E-state index in [-0.39, 0.29) is 42.5 Å². The lowest BCUT2D eigenvalue weighted by Gasteiger charge is -2.15. The highest BCUT2D eigenvalue weighted by Gasteiger charge is 2.27. The molecule has 0 aromatic carbocycles. The normalized spacial score (nSPS) is 15.2. The van der Waals surface area contributed by atoms with Crippen LogP contribution in [-0.2, 0) is 4.79 Å². The molecular formula is C12H24IN5O2. The third-order valence-electron chi connectivity index (χ3n) is 2.80. The summed E-state index contributed by atoms with van der Waals surface area (Å²) >= 11 is 0. The first-order chi connectivity index (χ1) is 9.04. The van der Waals surface area contributed by atoms with E-state index >= 15 is 0 Å². The molecule has 8 heteroatoms. The average molecular weight is 397 g/mol. The molecule has 0 saturated carbocycles. The topological polar surface area (TPSA) is 85.8 Å². The molecular weight excluding hydrogens is 373 g/mol. The lowest BCUT2D eigenvalue weighted by molar-refractivity contribution is -0.124. The van der Waals surface area contributed by atoms with Crippen molar-refractivity contribution in [3.8, 4) is 0 Å². The number of halogens is 1. The summed E-state index contributed by atoms with van der Waals surface area (Å²) in [7, 11) is 1.69. The Kier molecular flexibility index (Phi) is 9.26. The summed E-state index contributed by atoms with van der Waals surface area (Å²) in [6.07, 6.45) is 1.06. The van der Waals surface area contributed by atoms with Gasteiger partial charge in [0.1, 0.15) is 0 Å². The van der Waals surface area contributed by atoms with Crippen LogP contribution < -0.4 is 16.0 Å². The van der Waals surface area contributed by atoms with Crippen molar-refractivity contribution in [1.29, 1.82) is 0 Å². The van der Waals surface area contributed by atoms with Gasteiger partial charge in [-0.05, 0) is 12.3 Å². The maximum Gasteiger partial charge on any atom is 0.324 e. The zero-order valence-electron chi connectivity index (χ0n) is 12.2. The number of nitrogens with zero attached hydrogens (tertiary/aromatic N) is 2. The van der Waals surface area contributed by atoms with Crippen molar-refractivity contribution in [2.24, 2.45) is 10.9 Å². The Labute approximate surface area is 137 Å². The molecule has 1 aliphatic heterocycles. The number of carbonyl (C=O) groups excluding carboxylic acids is 2. The number of guanidine groups is 1. The van der Waals surface area contributed by atoms with Crippen LogP contribution in [0.15, 0.2) is 4.99 Å². The fourth-order valence-electron chi connectivity index (χ4n) is 1.67. The molecule has 1 heterocycles. The van der Waals surface area contributed by atoms with Crippen molar-refractivity contribution in [2.75, 3.05) is 33.2 Å². The molecule has 0 unspecified atom stereocenters. The van der Waals surface area contributed by atoms with Gasteiger partial charge >= 0.3 is 6.03 Å². The molecule has 116 valence electrons. The molecule has 0 spiro atoms. The highest BCUT2D eigenvalue weighted by atomic mass is 127. The van der Waals surface area contributed by atoms with E-state index in [2.05, 4.69) is 34.8 Å².